The van der Waals surface area contributed by atoms with Crippen LogP contribution in [0.15, 0.2) is 34.4 Å². The number of carbonyl (C=O) groups is 1. The van der Waals surface area contributed by atoms with E-state index in [9.17, 15) is 22.0 Å². The van der Waals surface area contributed by atoms with E-state index in [-0.39, 0.29) is 12.2 Å². The maximum absolute atomic E-state index is 13.4. The Balaban J connectivity index is 2.39. The van der Waals surface area contributed by atoms with Crippen LogP contribution in [-0.2, 0) is 19.1 Å². The lowest BCUT2D eigenvalue weighted by molar-refractivity contribution is -0.116. The summed E-state index contributed by atoms with van der Waals surface area (Å²) in [6.07, 6.45) is 0.582. The summed E-state index contributed by atoms with van der Waals surface area (Å²) in [6, 6.07) is 2.00. The Hall–Kier alpha value is -1.76. The average Bonchev–Trinajstić information content (AvgIpc) is 2.60. The van der Waals surface area contributed by atoms with Gasteiger partial charge in [-0.3, -0.25) is 4.79 Å². The van der Waals surface area contributed by atoms with Crippen molar-refractivity contribution in [2.45, 2.75) is 24.7 Å². The van der Waals surface area contributed by atoms with Gasteiger partial charge in [0.25, 0.3) is 0 Å². The molecule has 0 spiro atoms. The normalized spacial score (nSPS) is 16.1. The number of benzene rings is 1. The van der Waals surface area contributed by atoms with Crippen LogP contribution in [0.2, 0.25) is 0 Å². The van der Waals surface area contributed by atoms with Crippen molar-refractivity contribution in [2.24, 2.45) is 0 Å². The maximum atomic E-state index is 13.4. The van der Waals surface area contributed by atoms with Crippen molar-refractivity contribution in [1.29, 1.82) is 0 Å². The third-order valence-electron chi connectivity index (χ3n) is 2.72. The van der Waals surface area contributed by atoms with Crippen molar-refractivity contribution in [3.8, 4) is 0 Å². The molecule has 19 heavy (non-hydrogen) atoms. The molecule has 0 aromatic heterocycles. The topological polar surface area (TPSA) is 60.4 Å². The van der Waals surface area contributed by atoms with Crippen molar-refractivity contribution >= 4 is 15.9 Å². The van der Waals surface area contributed by atoms with E-state index in [0.29, 0.717) is 18.1 Å². The molecule has 2 rings (SSSR count). The number of hydrogen-bond acceptors (Lipinski definition) is 4. The van der Waals surface area contributed by atoms with E-state index in [1.165, 1.54) is 0 Å². The molecule has 0 radical (unpaired) electrons. The first kappa shape index (κ1) is 13.7. The number of allylic oxidation sites excluding steroid dienone is 2. The smallest absolute Gasteiger partial charge is 0.342 e. The summed E-state index contributed by atoms with van der Waals surface area (Å²) in [5, 5.41) is 0. The lowest BCUT2D eigenvalue weighted by Gasteiger charge is -2.08. The quantitative estimate of drug-likeness (QED) is 0.801. The molecular weight excluding hydrogens is 278 g/mol. The van der Waals surface area contributed by atoms with Crippen LogP contribution >= 0.6 is 0 Å². The molecule has 1 aromatic carbocycles. The average molecular weight is 288 g/mol. The van der Waals surface area contributed by atoms with Gasteiger partial charge in [-0.2, -0.15) is 8.42 Å². The van der Waals surface area contributed by atoms with Gasteiger partial charge in [0, 0.05) is 12.5 Å². The highest BCUT2D eigenvalue weighted by atomic mass is 32.2. The molecule has 0 unspecified atom stereocenters. The molecule has 102 valence electrons. The predicted octanol–water partition coefficient (Wildman–Crippen LogP) is 2.31. The Morgan fingerprint density at radius 1 is 1.21 bits per heavy atom. The minimum Gasteiger partial charge on any atom is -0.375 e. The largest absolute Gasteiger partial charge is 0.375 e. The summed E-state index contributed by atoms with van der Waals surface area (Å²) in [7, 11) is -4.48. The van der Waals surface area contributed by atoms with Crippen LogP contribution in [-0.4, -0.2) is 14.2 Å². The van der Waals surface area contributed by atoms with Crippen LogP contribution in [0.3, 0.4) is 0 Å². The summed E-state index contributed by atoms with van der Waals surface area (Å²) < 4.78 is 54.5. The fourth-order valence-electron chi connectivity index (χ4n) is 1.72. The first-order valence-corrected chi connectivity index (χ1v) is 6.84. The summed E-state index contributed by atoms with van der Waals surface area (Å²) in [5.41, 5.74) is 0.496. The Morgan fingerprint density at radius 3 is 2.42 bits per heavy atom. The van der Waals surface area contributed by atoms with Crippen LogP contribution in [0.1, 0.15) is 19.8 Å². The van der Waals surface area contributed by atoms with E-state index in [0.717, 1.165) is 12.1 Å². The molecular formula is C12H10F2O4S. The number of rotatable bonds is 3. The summed E-state index contributed by atoms with van der Waals surface area (Å²) in [6.45, 7) is 1.57. The molecule has 0 heterocycles. The number of carbonyl (C=O) groups excluding carboxylic acids is 1. The van der Waals surface area contributed by atoms with Crippen molar-refractivity contribution < 1.29 is 26.2 Å². The van der Waals surface area contributed by atoms with Crippen molar-refractivity contribution in [3.05, 3.63) is 41.2 Å². The van der Waals surface area contributed by atoms with Gasteiger partial charge >= 0.3 is 10.1 Å². The van der Waals surface area contributed by atoms with Crippen LogP contribution in [0.25, 0.3) is 0 Å². The number of halogens is 2. The molecule has 0 N–H and O–H groups in total. The molecule has 0 saturated carbocycles. The minimum atomic E-state index is -4.48. The van der Waals surface area contributed by atoms with E-state index in [4.69, 9.17) is 0 Å². The van der Waals surface area contributed by atoms with E-state index in [1.54, 1.807) is 6.92 Å². The summed E-state index contributed by atoms with van der Waals surface area (Å²) in [4.78, 5) is 10.6. The molecule has 4 nitrogen and oxygen atoms in total. The summed E-state index contributed by atoms with van der Waals surface area (Å²) in [5.74, 6) is -2.88. The lowest BCUT2D eigenvalue weighted by atomic mass is 10.3. The monoisotopic (exact) mass is 288 g/mol. The second-order valence-corrected chi connectivity index (χ2v) is 5.66. The zero-order chi connectivity index (χ0) is 14.2. The fourth-order valence-corrected chi connectivity index (χ4v) is 2.79. The molecule has 1 aliphatic carbocycles. The molecule has 0 fully saturated rings. The Labute approximate surface area is 108 Å². The van der Waals surface area contributed by atoms with Crippen LogP contribution in [0.4, 0.5) is 8.78 Å². The Kier molecular flexibility index (Phi) is 3.40. The third-order valence-corrected chi connectivity index (χ3v) is 3.98. The van der Waals surface area contributed by atoms with Gasteiger partial charge in [0.05, 0.1) is 0 Å². The second-order valence-electron chi connectivity index (χ2n) is 4.14. The molecule has 0 atom stereocenters. The van der Waals surface area contributed by atoms with Crippen LogP contribution in [0.5, 0.6) is 0 Å². The van der Waals surface area contributed by atoms with Gasteiger partial charge in [0.15, 0.2) is 11.5 Å². The molecule has 0 aliphatic heterocycles. The second kappa shape index (κ2) is 4.73. The van der Waals surface area contributed by atoms with Gasteiger partial charge in [-0.15, -0.1) is 0 Å². The highest BCUT2D eigenvalue weighted by Crippen LogP contribution is 2.28. The molecule has 0 amide bonds. The highest BCUT2D eigenvalue weighted by Gasteiger charge is 2.29. The predicted molar refractivity (Wildman–Crippen MR) is 61.6 cm³/mol. The van der Waals surface area contributed by atoms with E-state index in [2.05, 4.69) is 4.18 Å². The molecule has 0 bridgehead atoms. The van der Waals surface area contributed by atoms with E-state index < -0.39 is 32.4 Å². The molecule has 1 aromatic rings. The van der Waals surface area contributed by atoms with Crippen molar-refractivity contribution in [1.82, 2.24) is 0 Å². The van der Waals surface area contributed by atoms with Crippen molar-refractivity contribution in [2.75, 3.05) is 0 Å². The zero-order valence-corrected chi connectivity index (χ0v) is 10.8. The number of Topliss-reactive ketones (excluding diaryl/α,β-unsaturated/α-hetero) is 1. The molecule has 0 saturated heterocycles. The zero-order valence-electron chi connectivity index (χ0n) is 9.94. The standard InChI is InChI=1S/C12H10F2O4S/c1-7-2-4-10(15)12(7)18-19(16,17)11-5-3-8(13)6-9(11)14/h3,5-6H,2,4H2,1H3. The van der Waals surface area contributed by atoms with Gasteiger partial charge in [-0.05, 0) is 31.1 Å². The van der Waals surface area contributed by atoms with Crippen molar-refractivity contribution in [3.63, 3.8) is 0 Å². The summed E-state index contributed by atoms with van der Waals surface area (Å²) >= 11 is 0. The highest BCUT2D eigenvalue weighted by molar-refractivity contribution is 7.86. The van der Waals surface area contributed by atoms with E-state index in [1.807, 2.05) is 0 Å². The van der Waals surface area contributed by atoms with E-state index >= 15 is 0 Å². The van der Waals surface area contributed by atoms with Crippen LogP contribution in [0, 0.1) is 11.6 Å². The van der Waals surface area contributed by atoms with Crippen LogP contribution < -0.4 is 0 Å². The first-order valence-electron chi connectivity index (χ1n) is 5.44. The fraction of sp³-hybridized carbons (Fsp3) is 0.250. The Bertz CT molecular complexity index is 677. The third kappa shape index (κ3) is 2.65. The first-order chi connectivity index (χ1) is 8.81. The molecule has 7 heteroatoms. The minimum absolute atomic E-state index is 0.169. The SMILES string of the molecule is CC1=C(OS(=O)(=O)c2ccc(F)cc2F)C(=O)CC1. The van der Waals surface area contributed by atoms with Gasteiger partial charge in [-0.25, -0.2) is 8.78 Å². The number of ketones is 1. The van der Waals surface area contributed by atoms with Gasteiger partial charge < -0.3 is 4.18 Å². The van der Waals surface area contributed by atoms with Gasteiger partial charge in [-0.1, -0.05) is 0 Å². The van der Waals surface area contributed by atoms with Gasteiger partial charge in [0.2, 0.25) is 0 Å². The maximum Gasteiger partial charge on any atom is 0.342 e. The van der Waals surface area contributed by atoms with Gasteiger partial charge in [0.1, 0.15) is 16.5 Å². The molecule has 1 aliphatic rings. The Morgan fingerprint density at radius 2 is 1.89 bits per heavy atom. The lowest BCUT2D eigenvalue weighted by Crippen LogP contribution is -2.12. The number of hydrogen-bond donors (Lipinski definition) is 0.